The fourth-order valence-corrected chi connectivity index (χ4v) is 4.64. The molecule has 1 aliphatic rings. The highest BCUT2D eigenvalue weighted by molar-refractivity contribution is 7.88. The third-order valence-electron chi connectivity index (χ3n) is 5.54. The topological polar surface area (TPSA) is 87.3 Å². The molecule has 3 N–H and O–H groups in total. The summed E-state index contributed by atoms with van der Waals surface area (Å²) < 4.78 is 25.8. The average Bonchev–Trinajstić information content (AvgIpc) is 2.69. The molecule has 0 saturated heterocycles. The second kappa shape index (κ2) is 8.55. The summed E-state index contributed by atoms with van der Waals surface area (Å²) in [6, 6.07) is 15.3. The zero-order chi connectivity index (χ0) is 21.1. The molecule has 1 atom stereocenters. The minimum atomic E-state index is -3.33. The van der Waals surface area contributed by atoms with Gasteiger partial charge in [0.25, 0.3) is 0 Å². The largest absolute Gasteiger partial charge is 0.334 e. The summed E-state index contributed by atoms with van der Waals surface area (Å²) in [6.07, 6.45) is 1.91. The molecule has 156 valence electrons. The van der Waals surface area contributed by atoms with Gasteiger partial charge in [-0.1, -0.05) is 62.4 Å². The molecule has 1 unspecified atom stereocenters. The Morgan fingerprint density at radius 2 is 1.83 bits per heavy atom. The van der Waals surface area contributed by atoms with E-state index in [1.165, 1.54) is 18.2 Å². The van der Waals surface area contributed by atoms with Crippen LogP contribution < -0.4 is 15.4 Å². The van der Waals surface area contributed by atoms with Gasteiger partial charge >= 0.3 is 6.03 Å². The molecule has 0 radical (unpaired) electrons. The molecule has 7 heteroatoms. The zero-order valence-electron chi connectivity index (χ0n) is 17.2. The number of sulfonamides is 1. The molecule has 3 rings (SSSR count). The summed E-state index contributed by atoms with van der Waals surface area (Å²) in [5, 5.41) is 5.98. The summed E-state index contributed by atoms with van der Waals surface area (Å²) >= 11 is 0. The Kier molecular flexibility index (Phi) is 6.29. The van der Waals surface area contributed by atoms with Crippen molar-refractivity contribution in [1.29, 1.82) is 0 Å². The Bertz CT molecular complexity index is 986. The van der Waals surface area contributed by atoms with Gasteiger partial charge in [-0.15, -0.1) is 0 Å². The maximum Gasteiger partial charge on any atom is 0.315 e. The molecule has 0 aliphatic heterocycles. The predicted molar refractivity (Wildman–Crippen MR) is 115 cm³/mol. The van der Waals surface area contributed by atoms with E-state index in [1.54, 1.807) is 18.2 Å². The smallest absolute Gasteiger partial charge is 0.315 e. The Balaban J connectivity index is 1.61. The molecule has 0 heterocycles. The molecule has 2 aromatic carbocycles. The van der Waals surface area contributed by atoms with Crippen LogP contribution in [-0.4, -0.2) is 21.5 Å². The summed E-state index contributed by atoms with van der Waals surface area (Å²) in [6.45, 7) is 4.81. The van der Waals surface area contributed by atoms with Crippen molar-refractivity contribution in [3.05, 3.63) is 70.8 Å². The second-order valence-electron chi connectivity index (χ2n) is 8.17. The maximum atomic E-state index is 12.5. The van der Waals surface area contributed by atoms with Crippen LogP contribution in [0, 0.1) is 0 Å². The molecule has 29 heavy (non-hydrogen) atoms. The lowest BCUT2D eigenvalue weighted by Gasteiger charge is -2.37. The standard InChI is InChI=1S/C22H29N3O3S/c1-22(2)12-11-20(18-9-4-5-10-19(18)22)25-21(26)24-14-16-7-6-8-17(13-16)15-29(27,28)23-3/h4-10,13,20,23H,11-12,14-15H2,1-3H3,(H2,24,25,26). The van der Waals surface area contributed by atoms with Crippen LogP contribution in [0.15, 0.2) is 48.5 Å². The van der Waals surface area contributed by atoms with Crippen LogP contribution in [0.1, 0.15) is 55.0 Å². The Morgan fingerprint density at radius 1 is 1.10 bits per heavy atom. The van der Waals surface area contributed by atoms with Gasteiger partial charge in [0.15, 0.2) is 0 Å². The first-order valence-corrected chi connectivity index (χ1v) is 11.5. The molecule has 6 nitrogen and oxygen atoms in total. The average molecular weight is 416 g/mol. The SMILES string of the molecule is CNS(=O)(=O)Cc1cccc(CNC(=O)NC2CCC(C)(C)c3ccccc32)c1. The van der Waals surface area contributed by atoms with Gasteiger partial charge in [0.1, 0.15) is 0 Å². The minimum Gasteiger partial charge on any atom is -0.334 e. The van der Waals surface area contributed by atoms with E-state index in [-0.39, 0.29) is 23.2 Å². The molecule has 2 aromatic rings. The predicted octanol–water partition coefficient (Wildman–Crippen LogP) is 3.35. The third kappa shape index (κ3) is 5.36. The number of urea groups is 1. The highest BCUT2D eigenvalue weighted by atomic mass is 32.2. The number of amides is 2. The van der Waals surface area contributed by atoms with E-state index in [1.807, 2.05) is 18.2 Å². The van der Waals surface area contributed by atoms with Crippen LogP contribution in [0.4, 0.5) is 4.79 Å². The lowest BCUT2D eigenvalue weighted by molar-refractivity contribution is 0.233. The fraction of sp³-hybridized carbons (Fsp3) is 0.409. The van der Waals surface area contributed by atoms with Gasteiger partial charge in [0.05, 0.1) is 11.8 Å². The van der Waals surface area contributed by atoms with Crippen LogP contribution in [0.5, 0.6) is 0 Å². The van der Waals surface area contributed by atoms with Crippen LogP contribution in [-0.2, 0) is 27.7 Å². The lowest BCUT2D eigenvalue weighted by Crippen LogP contribution is -2.40. The number of fused-ring (bicyclic) bond motifs is 1. The van der Waals surface area contributed by atoms with E-state index in [4.69, 9.17) is 0 Å². The van der Waals surface area contributed by atoms with Crippen molar-refractivity contribution in [3.63, 3.8) is 0 Å². The molecule has 0 bridgehead atoms. The second-order valence-corrected chi connectivity index (χ2v) is 10.1. The molecule has 2 amide bonds. The Labute approximate surface area is 173 Å². The number of carbonyl (C=O) groups is 1. The van der Waals surface area contributed by atoms with E-state index in [0.717, 1.165) is 18.4 Å². The van der Waals surface area contributed by atoms with Crippen LogP contribution in [0.2, 0.25) is 0 Å². The summed E-state index contributed by atoms with van der Waals surface area (Å²) in [7, 11) is -1.93. The highest BCUT2D eigenvalue weighted by Gasteiger charge is 2.32. The summed E-state index contributed by atoms with van der Waals surface area (Å²) in [5.74, 6) is -0.0851. The monoisotopic (exact) mass is 415 g/mol. The quantitative estimate of drug-likeness (QED) is 0.676. The van der Waals surface area contributed by atoms with E-state index in [9.17, 15) is 13.2 Å². The van der Waals surface area contributed by atoms with Crippen molar-refractivity contribution in [3.8, 4) is 0 Å². The van der Waals surface area contributed by atoms with Crippen molar-refractivity contribution in [1.82, 2.24) is 15.4 Å². The summed E-state index contributed by atoms with van der Waals surface area (Å²) in [5.41, 5.74) is 4.11. The van der Waals surface area contributed by atoms with Crippen molar-refractivity contribution in [2.24, 2.45) is 0 Å². The molecule has 1 aliphatic carbocycles. The molecule has 0 aromatic heterocycles. The van der Waals surface area contributed by atoms with E-state index >= 15 is 0 Å². The van der Waals surface area contributed by atoms with Gasteiger partial charge in [-0.3, -0.25) is 0 Å². The van der Waals surface area contributed by atoms with Crippen molar-refractivity contribution in [2.75, 3.05) is 7.05 Å². The van der Waals surface area contributed by atoms with Crippen LogP contribution in [0.25, 0.3) is 0 Å². The molecular formula is C22H29N3O3S. The van der Waals surface area contributed by atoms with Gasteiger partial charge in [0, 0.05) is 6.54 Å². The number of nitrogens with one attached hydrogen (secondary N) is 3. The zero-order valence-corrected chi connectivity index (χ0v) is 18.0. The molecular weight excluding hydrogens is 386 g/mol. The maximum absolute atomic E-state index is 12.5. The number of hydrogen-bond acceptors (Lipinski definition) is 3. The first-order valence-electron chi connectivity index (χ1n) is 9.83. The van der Waals surface area contributed by atoms with Crippen molar-refractivity contribution in [2.45, 2.75) is 50.4 Å². The number of benzene rings is 2. The van der Waals surface area contributed by atoms with E-state index in [0.29, 0.717) is 12.1 Å². The van der Waals surface area contributed by atoms with Gasteiger partial charge in [-0.25, -0.2) is 17.9 Å². The number of hydrogen-bond donors (Lipinski definition) is 3. The number of rotatable bonds is 6. The Morgan fingerprint density at radius 3 is 2.59 bits per heavy atom. The van der Waals surface area contributed by atoms with Gasteiger partial charge in [0.2, 0.25) is 10.0 Å². The van der Waals surface area contributed by atoms with Crippen molar-refractivity contribution >= 4 is 16.1 Å². The first kappa shape index (κ1) is 21.3. The van der Waals surface area contributed by atoms with E-state index < -0.39 is 10.0 Å². The van der Waals surface area contributed by atoms with Gasteiger partial charge < -0.3 is 10.6 Å². The van der Waals surface area contributed by atoms with Gasteiger partial charge in [-0.2, -0.15) is 0 Å². The Hall–Kier alpha value is -2.38. The highest BCUT2D eigenvalue weighted by Crippen LogP contribution is 2.41. The van der Waals surface area contributed by atoms with Crippen LogP contribution >= 0.6 is 0 Å². The van der Waals surface area contributed by atoms with Crippen LogP contribution in [0.3, 0.4) is 0 Å². The van der Waals surface area contributed by atoms with E-state index in [2.05, 4.69) is 41.3 Å². The fourth-order valence-electron chi connectivity index (χ4n) is 3.88. The normalized spacial score (nSPS) is 18.0. The minimum absolute atomic E-state index is 0.00803. The molecule has 0 fully saturated rings. The first-order chi connectivity index (χ1) is 13.7. The molecule has 0 spiro atoms. The van der Waals surface area contributed by atoms with Crippen molar-refractivity contribution < 1.29 is 13.2 Å². The lowest BCUT2D eigenvalue weighted by atomic mass is 9.71. The molecule has 0 saturated carbocycles. The number of carbonyl (C=O) groups excluding carboxylic acids is 1. The summed E-state index contributed by atoms with van der Waals surface area (Å²) in [4.78, 5) is 12.5. The van der Waals surface area contributed by atoms with Gasteiger partial charge in [-0.05, 0) is 47.6 Å². The third-order valence-corrected chi connectivity index (χ3v) is 6.88.